The first-order chi connectivity index (χ1) is 17.1. The molecule has 1 aliphatic rings. The standard InChI is InChI=1S/C20H27N7O2.C2HF3O2/c1-15(2)27-16(4-6-23-27)19-24-18(17-14-21-7-9-26(17)19)20(28)22-5-3-8-25-10-12-29-13-11-25;3-2(4,5)1(6)7/h4,6-7,9,14-15H,3,5,8,10-13H2,1-2H3,(H,22,28);(H,6,7). The number of morpholine rings is 1. The van der Waals surface area contributed by atoms with Gasteiger partial charge in [-0.05, 0) is 32.9 Å². The Balaban J connectivity index is 0.000000454. The van der Waals surface area contributed by atoms with Crippen molar-refractivity contribution in [3.8, 4) is 11.5 Å². The van der Waals surface area contributed by atoms with E-state index in [1.54, 1.807) is 18.6 Å². The zero-order valence-corrected chi connectivity index (χ0v) is 19.9. The van der Waals surface area contributed by atoms with E-state index in [2.05, 4.69) is 39.1 Å². The number of nitrogens with one attached hydrogen (secondary N) is 1. The number of carbonyl (C=O) groups excluding carboxylic acids is 1. The molecule has 3 aromatic rings. The van der Waals surface area contributed by atoms with Crippen molar-refractivity contribution in [3.05, 3.63) is 36.5 Å². The third-order valence-corrected chi connectivity index (χ3v) is 5.33. The minimum Gasteiger partial charge on any atom is -0.475 e. The van der Waals surface area contributed by atoms with Crippen LogP contribution in [0.5, 0.6) is 0 Å². The van der Waals surface area contributed by atoms with Crippen LogP contribution in [0.2, 0.25) is 0 Å². The maximum absolute atomic E-state index is 12.8. The molecule has 0 saturated carbocycles. The Morgan fingerprint density at radius 1 is 1.22 bits per heavy atom. The summed E-state index contributed by atoms with van der Waals surface area (Å²) in [5.41, 5.74) is 1.94. The molecule has 14 heteroatoms. The number of imidazole rings is 1. The van der Waals surface area contributed by atoms with Crippen LogP contribution in [-0.4, -0.2) is 91.6 Å². The van der Waals surface area contributed by atoms with Crippen molar-refractivity contribution in [2.75, 3.05) is 39.4 Å². The summed E-state index contributed by atoms with van der Waals surface area (Å²) in [4.78, 5) is 32.9. The second-order valence-corrected chi connectivity index (χ2v) is 8.24. The highest BCUT2D eigenvalue weighted by atomic mass is 19.4. The van der Waals surface area contributed by atoms with Crippen molar-refractivity contribution in [2.45, 2.75) is 32.5 Å². The lowest BCUT2D eigenvalue weighted by molar-refractivity contribution is -0.192. The molecule has 196 valence electrons. The Bertz CT molecular complexity index is 1170. The lowest BCUT2D eigenvalue weighted by Crippen LogP contribution is -2.38. The number of alkyl halides is 3. The van der Waals surface area contributed by atoms with Gasteiger partial charge in [-0.3, -0.25) is 23.8 Å². The quantitative estimate of drug-likeness (QED) is 0.463. The van der Waals surface area contributed by atoms with Gasteiger partial charge in [-0.1, -0.05) is 0 Å². The summed E-state index contributed by atoms with van der Waals surface area (Å²) in [6, 6.07) is 2.10. The highest BCUT2D eigenvalue weighted by molar-refractivity contribution is 5.99. The van der Waals surface area contributed by atoms with E-state index in [1.807, 2.05) is 21.3 Å². The second-order valence-electron chi connectivity index (χ2n) is 8.24. The van der Waals surface area contributed by atoms with Crippen molar-refractivity contribution < 1.29 is 32.6 Å². The third kappa shape index (κ3) is 6.79. The summed E-state index contributed by atoms with van der Waals surface area (Å²) in [6.07, 6.45) is 2.75. The van der Waals surface area contributed by atoms with Crippen molar-refractivity contribution in [3.63, 3.8) is 0 Å². The van der Waals surface area contributed by atoms with Gasteiger partial charge in [0.25, 0.3) is 5.91 Å². The fraction of sp³-hybridized carbons (Fsp3) is 0.500. The molecule has 0 spiro atoms. The lowest BCUT2D eigenvalue weighted by atomic mass is 10.3. The molecule has 11 nitrogen and oxygen atoms in total. The first-order valence-electron chi connectivity index (χ1n) is 11.3. The molecular weight excluding hydrogens is 483 g/mol. The zero-order valence-electron chi connectivity index (χ0n) is 19.9. The van der Waals surface area contributed by atoms with Crippen LogP contribution in [0.15, 0.2) is 30.9 Å². The molecule has 1 fully saturated rings. The number of aromatic nitrogens is 5. The number of carboxylic acids is 1. The van der Waals surface area contributed by atoms with E-state index >= 15 is 0 Å². The maximum atomic E-state index is 12.8. The number of aliphatic carboxylic acids is 1. The summed E-state index contributed by atoms with van der Waals surface area (Å²) < 4.78 is 40.9. The summed E-state index contributed by atoms with van der Waals surface area (Å²) in [7, 11) is 0. The summed E-state index contributed by atoms with van der Waals surface area (Å²) in [5, 5.41) is 14.5. The average molecular weight is 512 g/mol. The van der Waals surface area contributed by atoms with Crippen LogP contribution in [-0.2, 0) is 9.53 Å². The van der Waals surface area contributed by atoms with Crippen LogP contribution in [0.4, 0.5) is 13.2 Å². The topological polar surface area (TPSA) is 127 Å². The van der Waals surface area contributed by atoms with Crippen molar-refractivity contribution in [2.24, 2.45) is 0 Å². The predicted molar refractivity (Wildman–Crippen MR) is 122 cm³/mol. The normalized spacial score (nSPS) is 14.5. The molecule has 1 amide bonds. The second kappa shape index (κ2) is 11.9. The highest BCUT2D eigenvalue weighted by Gasteiger charge is 2.38. The van der Waals surface area contributed by atoms with Gasteiger partial charge in [-0.2, -0.15) is 18.3 Å². The van der Waals surface area contributed by atoms with E-state index in [0.717, 1.165) is 45.0 Å². The molecular formula is C22H28F3N7O4. The number of nitrogens with zero attached hydrogens (tertiary/aromatic N) is 6. The summed E-state index contributed by atoms with van der Waals surface area (Å²) in [5.74, 6) is -2.25. The number of halogens is 3. The van der Waals surface area contributed by atoms with E-state index < -0.39 is 12.1 Å². The number of hydrogen-bond donors (Lipinski definition) is 2. The van der Waals surface area contributed by atoms with Gasteiger partial charge < -0.3 is 15.2 Å². The predicted octanol–water partition coefficient (Wildman–Crippen LogP) is 2.26. The molecule has 1 saturated heterocycles. The number of hydrogen-bond acceptors (Lipinski definition) is 7. The Labute approximate surface area is 204 Å². The molecule has 0 aromatic carbocycles. The maximum Gasteiger partial charge on any atom is 0.490 e. The molecule has 0 radical (unpaired) electrons. The van der Waals surface area contributed by atoms with Gasteiger partial charge in [0.15, 0.2) is 11.5 Å². The molecule has 36 heavy (non-hydrogen) atoms. The Hall–Kier alpha value is -3.52. The Morgan fingerprint density at radius 2 is 1.92 bits per heavy atom. The Kier molecular flexibility index (Phi) is 8.98. The monoisotopic (exact) mass is 511 g/mol. The van der Waals surface area contributed by atoms with Gasteiger partial charge in [-0.15, -0.1) is 0 Å². The van der Waals surface area contributed by atoms with E-state index in [0.29, 0.717) is 23.6 Å². The number of ether oxygens (including phenoxy) is 1. The minimum absolute atomic E-state index is 0.181. The molecule has 4 rings (SSSR count). The van der Waals surface area contributed by atoms with Gasteiger partial charge >= 0.3 is 12.1 Å². The van der Waals surface area contributed by atoms with Crippen LogP contribution in [0.3, 0.4) is 0 Å². The van der Waals surface area contributed by atoms with Gasteiger partial charge in [0.05, 0.1) is 24.9 Å². The molecule has 4 heterocycles. The van der Waals surface area contributed by atoms with Crippen molar-refractivity contribution in [1.82, 2.24) is 34.4 Å². The number of amides is 1. The zero-order chi connectivity index (χ0) is 26.3. The minimum atomic E-state index is -5.08. The van der Waals surface area contributed by atoms with Crippen molar-refractivity contribution in [1.29, 1.82) is 0 Å². The van der Waals surface area contributed by atoms with Crippen LogP contribution in [0, 0.1) is 0 Å². The molecule has 0 atom stereocenters. The fourth-order valence-corrected chi connectivity index (χ4v) is 3.60. The van der Waals surface area contributed by atoms with Crippen LogP contribution < -0.4 is 5.32 Å². The van der Waals surface area contributed by atoms with E-state index in [-0.39, 0.29) is 11.9 Å². The van der Waals surface area contributed by atoms with E-state index in [9.17, 15) is 18.0 Å². The molecule has 0 bridgehead atoms. The molecule has 1 aliphatic heterocycles. The first kappa shape index (κ1) is 27.1. The largest absolute Gasteiger partial charge is 0.490 e. The number of carboxylic acid groups (broad SMARTS) is 1. The number of fused-ring (bicyclic) bond motifs is 1. The van der Waals surface area contributed by atoms with Gasteiger partial charge in [0.1, 0.15) is 5.69 Å². The smallest absolute Gasteiger partial charge is 0.475 e. The SMILES string of the molecule is CC(C)n1nccc1-c1nc(C(=O)NCCCN2CCOCC2)c2cnccn12.O=C(O)C(F)(F)F. The van der Waals surface area contributed by atoms with E-state index in [1.165, 1.54) is 0 Å². The van der Waals surface area contributed by atoms with E-state index in [4.69, 9.17) is 14.6 Å². The van der Waals surface area contributed by atoms with Crippen LogP contribution in [0.1, 0.15) is 36.8 Å². The highest BCUT2D eigenvalue weighted by Crippen LogP contribution is 2.24. The van der Waals surface area contributed by atoms with Crippen LogP contribution in [0.25, 0.3) is 17.0 Å². The average Bonchev–Trinajstić information content (AvgIpc) is 3.47. The fourth-order valence-electron chi connectivity index (χ4n) is 3.60. The number of rotatable bonds is 7. The van der Waals surface area contributed by atoms with Crippen LogP contribution >= 0.6 is 0 Å². The molecule has 0 aliphatic carbocycles. The molecule has 3 aromatic heterocycles. The Morgan fingerprint density at radius 3 is 2.56 bits per heavy atom. The van der Waals surface area contributed by atoms with Gasteiger partial charge in [0.2, 0.25) is 0 Å². The molecule has 2 N–H and O–H groups in total. The molecule has 0 unspecified atom stereocenters. The lowest BCUT2D eigenvalue weighted by Gasteiger charge is -2.26. The number of carbonyl (C=O) groups is 2. The van der Waals surface area contributed by atoms with Crippen molar-refractivity contribution >= 4 is 17.4 Å². The van der Waals surface area contributed by atoms with Gasteiger partial charge in [0, 0.05) is 44.3 Å². The van der Waals surface area contributed by atoms with Gasteiger partial charge in [-0.25, -0.2) is 9.78 Å². The first-order valence-corrected chi connectivity index (χ1v) is 11.3. The summed E-state index contributed by atoms with van der Waals surface area (Å²) >= 11 is 0. The summed E-state index contributed by atoms with van der Waals surface area (Å²) in [6.45, 7) is 9.18. The third-order valence-electron chi connectivity index (χ3n) is 5.33.